The molecule has 0 bridgehead atoms. The van der Waals surface area contributed by atoms with E-state index >= 15 is 0 Å². The van der Waals surface area contributed by atoms with Crippen molar-refractivity contribution in [2.24, 2.45) is 0 Å². The van der Waals surface area contributed by atoms with Gasteiger partial charge >= 0.3 is 0 Å². The second-order valence-electron chi connectivity index (χ2n) is 6.32. The molecule has 0 aliphatic carbocycles. The molecule has 7 heteroatoms. The summed E-state index contributed by atoms with van der Waals surface area (Å²) in [6.45, 7) is 1.93. The molecule has 142 valence electrons. The largest absolute Gasteiger partial charge is 0.354 e. The van der Waals surface area contributed by atoms with Crippen molar-refractivity contribution >= 4 is 29.3 Å². The van der Waals surface area contributed by atoms with Gasteiger partial charge in [-0.15, -0.1) is 0 Å². The third-order valence-electron chi connectivity index (χ3n) is 4.36. The maximum atomic E-state index is 13.2. The number of likely N-dealkylation sites (N-methyl/N-ethyl adjacent to an activating group) is 1. The van der Waals surface area contributed by atoms with E-state index in [0.717, 1.165) is 11.1 Å². The second kappa shape index (κ2) is 8.28. The van der Waals surface area contributed by atoms with E-state index in [1.54, 1.807) is 24.3 Å². The molecule has 5 nitrogen and oxygen atoms in total. The molecule has 1 saturated heterocycles. The van der Waals surface area contributed by atoms with Crippen LogP contribution in [0.3, 0.4) is 0 Å². The number of benzene rings is 2. The number of nitrogens with zero attached hydrogens (tertiary/aromatic N) is 2. The van der Waals surface area contributed by atoms with E-state index < -0.39 is 11.2 Å². The van der Waals surface area contributed by atoms with Crippen LogP contribution in [0.4, 0.5) is 10.1 Å². The van der Waals surface area contributed by atoms with Crippen LogP contribution in [0.5, 0.6) is 0 Å². The maximum absolute atomic E-state index is 13.2. The highest BCUT2D eigenvalue weighted by Gasteiger charge is 2.40. The average molecular weight is 395 g/mol. The van der Waals surface area contributed by atoms with Crippen molar-refractivity contribution < 1.29 is 14.0 Å². The monoisotopic (exact) mass is 395 g/mol. The Hall–Kier alpha value is -3.11. The zero-order valence-corrected chi connectivity index (χ0v) is 16.2. The molecule has 0 saturated carbocycles. The predicted octanol–water partition coefficient (Wildman–Crippen LogP) is 3.31. The number of amides is 2. The number of halogens is 1. The summed E-state index contributed by atoms with van der Waals surface area (Å²) in [6.07, 6.45) is 0.363. The van der Waals surface area contributed by atoms with E-state index in [1.807, 2.05) is 25.1 Å². The number of anilines is 1. The predicted molar refractivity (Wildman–Crippen MR) is 107 cm³/mol. The van der Waals surface area contributed by atoms with Crippen LogP contribution in [-0.2, 0) is 16.0 Å². The van der Waals surface area contributed by atoms with E-state index in [-0.39, 0.29) is 17.3 Å². The van der Waals surface area contributed by atoms with Gasteiger partial charge in [0.2, 0.25) is 5.91 Å². The fourth-order valence-electron chi connectivity index (χ4n) is 2.88. The fourth-order valence-corrected chi connectivity index (χ4v) is 4.18. The summed E-state index contributed by atoms with van der Waals surface area (Å²) in [7, 11) is 1.44. The van der Waals surface area contributed by atoms with Crippen LogP contribution in [0, 0.1) is 24.1 Å². The van der Waals surface area contributed by atoms with Gasteiger partial charge in [-0.05, 0) is 43.2 Å². The van der Waals surface area contributed by atoms with Crippen LogP contribution in [0.1, 0.15) is 11.1 Å². The van der Waals surface area contributed by atoms with Crippen LogP contribution < -0.4 is 10.2 Å². The van der Waals surface area contributed by atoms with E-state index in [0.29, 0.717) is 17.1 Å². The topological polar surface area (TPSA) is 73.2 Å². The number of thioether (sulfide) groups is 1. The number of carbonyl (C=O) groups is 2. The van der Waals surface area contributed by atoms with Crippen LogP contribution in [-0.4, -0.2) is 24.1 Å². The smallest absolute Gasteiger partial charge is 0.264 e. The standard InChI is InChI=1S/C21H18FN3O2S/c1-13-3-9-16(10-4-13)25-20(27)18(11-14-5-7-15(22)8-6-14)28-21(25)17(12-23)19(26)24-2/h3-10,18H,11H2,1-2H3,(H,24,26)/b21-17-/t18-/m1/s1. The molecule has 3 rings (SSSR count). The van der Waals surface area contributed by atoms with Crippen LogP contribution >= 0.6 is 11.8 Å². The Kier molecular flexibility index (Phi) is 5.81. The molecule has 0 spiro atoms. The Bertz CT molecular complexity index is 978. The minimum atomic E-state index is -0.544. The molecular weight excluding hydrogens is 377 g/mol. The Morgan fingerprint density at radius 3 is 2.43 bits per heavy atom. The minimum Gasteiger partial charge on any atom is -0.354 e. The summed E-state index contributed by atoms with van der Waals surface area (Å²) in [5.41, 5.74) is 2.32. The highest BCUT2D eigenvalue weighted by molar-refractivity contribution is 8.05. The summed E-state index contributed by atoms with van der Waals surface area (Å²) in [5, 5.41) is 11.8. The van der Waals surface area contributed by atoms with Gasteiger partial charge in [0.15, 0.2) is 0 Å². The molecular formula is C21H18FN3O2S. The first-order valence-electron chi connectivity index (χ1n) is 8.62. The van der Waals surface area contributed by atoms with Crippen LogP contribution in [0.25, 0.3) is 0 Å². The molecule has 0 radical (unpaired) electrons. The summed E-state index contributed by atoms with van der Waals surface area (Å²) in [5.74, 6) is -1.11. The lowest BCUT2D eigenvalue weighted by molar-refractivity contribution is -0.117. The van der Waals surface area contributed by atoms with Gasteiger partial charge in [0.25, 0.3) is 5.91 Å². The van der Waals surface area contributed by atoms with Gasteiger partial charge in [-0.1, -0.05) is 41.6 Å². The number of aryl methyl sites for hydroxylation is 1. The van der Waals surface area contributed by atoms with E-state index in [1.165, 1.54) is 35.8 Å². The van der Waals surface area contributed by atoms with E-state index in [9.17, 15) is 19.2 Å². The molecule has 2 amide bonds. The summed E-state index contributed by atoms with van der Waals surface area (Å²) in [4.78, 5) is 26.8. The quantitative estimate of drug-likeness (QED) is 0.637. The molecule has 0 aromatic heterocycles. The van der Waals surface area contributed by atoms with Gasteiger partial charge < -0.3 is 5.32 Å². The van der Waals surface area contributed by atoms with Gasteiger partial charge in [-0.3, -0.25) is 14.5 Å². The molecule has 2 aromatic carbocycles. The van der Waals surface area contributed by atoms with Crippen molar-refractivity contribution in [3.05, 3.63) is 76.1 Å². The Labute approximate surface area is 166 Å². The van der Waals surface area contributed by atoms with Crippen molar-refractivity contribution in [1.29, 1.82) is 5.26 Å². The van der Waals surface area contributed by atoms with Gasteiger partial charge in [-0.2, -0.15) is 5.26 Å². The lowest BCUT2D eigenvalue weighted by atomic mass is 10.1. The molecule has 1 N–H and O–H groups in total. The Morgan fingerprint density at radius 2 is 1.86 bits per heavy atom. The Balaban J connectivity index is 2.03. The molecule has 28 heavy (non-hydrogen) atoms. The zero-order chi connectivity index (χ0) is 20.3. The van der Waals surface area contributed by atoms with Crippen molar-refractivity contribution in [2.45, 2.75) is 18.6 Å². The highest BCUT2D eigenvalue weighted by atomic mass is 32.2. The number of hydrogen-bond acceptors (Lipinski definition) is 4. The normalized spacial score (nSPS) is 18.0. The first-order valence-corrected chi connectivity index (χ1v) is 9.50. The van der Waals surface area contributed by atoms with Crippen molar-refractivity contribution in [3.63, 3.8) is 0 Å². The second-order valence-corrected chi connectivity index (χ2v) is 7.51. The average Bonchev–Trinajstić information content (AvgIpc) is 3.00. The number of rotatable bonds is 4. The number of carbonyl (C=O) groups excluding carboxylic acids is 2. The lowest BCUT2D eigenvalue weighted by Gasteiger charge is -2.18. The van der Waals surface area contributed by atoms with Gasteiger partial charge in [0.05, 0.1) is 5.25 Å². The van der Waals surface area contributed by atoms with Gasteiger partial charge in [0, 0.05) is 12.7 Å². The SMILES string of the molecule is CNC(=O)/C(C#N)=C1\S[C@H](Cc2ccc(F)cc2)C(=O)N1c1ccc(C)cc1. The molecule has 1 aliphatic rings. The van der Waals surface area contributed by atoms with Crippen molar-refractivity contribution in [2.75, 3.05) is 11.9 Å². The highest BCUT2D eigenvalue weighted by Crippen LogP contribution is 2.41. The molecule has 0 unspecified atom stereocenters. The summed E-state index contributed by atoms with van der Waals surface area (Å²) >= 11 is 1.18. The molecule has 2 aromatic rings. The Morgan fingerprint density at radius 1 is 1.21 bits per heavy atom. The number of nitriles is 1. The summed E-state index contributed by atoms with van der Waals surface area (Å²) in [6, 6.07) is 15.2. The third-order valence-corrected chi connectivity index (χ3v) is 5.62. The van der Waals surface area contributed by atoms with Crippen molar-refractivity contribution in [3.8, 4) is 6.07 Å². The lowest BCUT2D eigenvalue weighted by Crippen LogP contribution is -2.31. The summed E-state index contributed by atoms with van der Waals surface area (Å²) < 4.78 is 13.2. The van der Waals surface area contributed by atoms with Crippen LogP contribution in [0.15, 0.2) is 59.1 Å². The first kappa shape index (κ1) is 19.6. The van der Waals surface area contributed by atoms with E-state index in [2.05, 4.69) is 5.32 Å². The zero-order valence-electron chi connectivity index (χ0n) is 15.4. The van der Waals surface area contributed by atoms with Crippen molar-refractivity contribution in [1.82, 2.24) is 5.32 Å². The minimum absolute atomic E-state index is 0.108. The molecule has 1 fully saturated rings. The number of hydrogen-bond donors (Lipinski definition) is 1. The fraction of sp³-hybridized carbons (Fsp3) is 0.190. The van der Waals surface area contributed by atoms with Gasteiger partial charge in [-0.25, -0.2) is 4.39 Å². The molecule has 1 aliphatic heterocycles. The third kappa shape index (κ3) is 3.92. The van der Waals surface area contributed by atoms with Crippen LogP contribution in [0.2, 0.25) is 0 Å². The molecule has 1 atom stereocenters. The molecule has 1 heterocycles. The van der Waals surface area contributed by atoms with Gasteiger partial charge in [0.1, 0.15) is 22.5 Å². The maximum Gasteiger partial charge on any atom is 0.264 e. The number of nitrogens with one attached hydrogen (secondary N) is 1. The van der Waals surface area contributed by atoms with E-state index in [4.69, 9.17) is 0 Å². The first-order chi connectivity index (χ1) is 13.4.